The summed E-state index contributed by atoms with van der Waals surface area (Å²) in [5.74, 6) is -3.04. The molecule has 0 unspecified atom stereocenters. The van der Waals surface area contributed by atoms with Crippen molar-refractivity contribution in [1.29, 1.82) is 0 Å². The van der Waals surface area contributed by atoms with E-state index in [1.807, 2.05) is 0 Å². The largest absolute Gasteiger partial charge is 0.477 e. The fraction of sp³-hybridized carbons (Fsp3) is 0.933. The van der Waals surface area contributed by atoms with Gasteiger partial charge in [-0.2, -0.15) is 0 Å². The first kappa shape index (κ1) is 19.5. The molecule has 6 atom stereocenters. The van der Waals surface area contributed by atoms with E-state index < -0.39 is 42.5 Å². The highest BCUT2D eigenvalue weighted by atomic mass is 16.8. The van der Waals surface area contributed by atoms with Crippen molar-refractivity contribution in [2.24, 2.45) is 5.73 Å². The molecule has 0 aromatic heterocycles. The molecule has 0 aliphatic carbocycles. The van der Waals surface area contributed by atoms with Gasteiger partial charge in [-0.05, 0) is 25.8 Å². The number of carboxylic acid groups (broad SMARTS) is 1. The Balaban J connectivity index is 1.96. The zero-order valence-electron chi connectivity index (χ0n) is 14.1. The number of methoxy groups -OCH3 is 1. The average molecular weight is 349 g/mol. The fourth-order valence-electron chi connectivity index (χ4n) is 2.85. The normalized spacial score (nSPS) is 39.4. The predicted octanol–water partition coefficient (Wildman–Crippen LogP) is -0.551. The lowest BCUT2D eigenvalue weighted by atomic mass is 9.97. The minimum Gasteiger partial charge on any atom is -0.477 e. The Labute approximate surface area is 140 Å². The van der Waals surface area contributed by atoms with E-state index in [0.717, 1.165) is 19.3 Å². The van der Waals surface area contributed by atoms with Gasteiger partial charge in [0.1, 0.15) is 24.4 Å². The number of nitrogens with two attached hydrogens (primary N) is 1. The first-order valence-corrected chi connectivity index (χ1v) is 8.16. The van der Waals surface area contributed by atoms with Crippen LogP contribution in [0.25, 0.3) is 0 Å². The molecule has 2 heterocycles. The molecule has 0 aromatic carbocycles. The van der Waals surface area contributed by atoms with E-state index in [2.05, 4.69) is 0 Å². The summed E-state index contributed by atoms with van der Waals surface area (Å²) in [6.07, 6.45) is -1.45. The van der Waals surface area contributed by atoms with Crippen LogP contribution in [0.15, 0.2) is 0 Å². The van der Waals surface area contributed by atoms with Gasteiger partial charge >= 0.3 is 5.97 Å². The van der Waals surface area contributed by atoms with Gasteiger partial charge in [-0.1, -0.05) is 0 Å². The third-order valence-corrected chi connectivity index (χ3v) is 4.29. The number of aliphatic carboxylic acids is 1. The summed E-state index contributed by atoms with van der Waals surface area (Å²) in [6, 6.07) is 0. The van der Waals surface area contributed by atoms with Crippen LogP contribution >= 0.6 is 0 Å². The number of carbonyl (C=O) groups is 1. The average Bonchev–Trinajstić information content (AvgIpc) is 2.55. The summed E-state index contributed by atoms with van der Waals surface area (Å²) in [4.78, 5) is 11.3. The molecule has 0 aromatic rings. The summed E-state index contributed by atoms with van der Waals surface area (Å²) < 4.78 is 27.4. The van der Waals surface area contributed by atoms with Crippen LogP contribution < -0.4 is 5.73 Å². The van der Waals surface area contributed by atoms with Gasteiger partial charge in [-0.15, -0.1) is 0 Å². The molecule has 2 fully saturated rings. The van der Waals surface area contributed by atoms with Crippen LogP contribution in [-0.2, 0) is 28.5 Å². The van der Waals surface area contributed by atoms with Crippen LogP contribution in [-0.4, -0.2) is 79.5 Å². The molecule has 4 N–H and O–H groups in total. The van der Waals surface area contributed by atoms with Crippen molar-refractivity contribution in [3.8, 4) is 0 Å². The maximum atomic E-state index is 11.3. The molecule has 2 rings (SSSR count). The van der Waals surface area contributed by atoms with Crippen molar-refractivity contribution in [1.82, 2.24) is 0 Å². The molecule has 24 heavy (non-hydrogen) atoms. The smallest absolute Gasteiger partial charge is 0.364 e. The number of aliphatic hydroxyl groups is 1. The second kappa shape index (κ2) is 8.52. The van der Waals surface area contributed by atoms with Gasteiger partial charge < -0.3 is 39.6 Å². The van der Waals surface area contributed by atoms with E-state index in [1.165, 1.54) is 14.0 Å². The van der Waals surface area contributed by atoms with Crippen molar-refractivity contribution in [3.63, 3.8) is 0 Å². The Bertz CT molecular complexity index is 422. The lowest BCUT2D eigenvalue weighted by Gasteiger charge is -2.49. The van der Waals surface area contributed by atoms with E-state index in [0.29, 0.717) is 13.2 Å². The SMILES string of the molecule is CO[C@@H]1[C@@H](O)[C@H](OCCCCCN)O[C@@H]2CO[C@](C)(C(=O)O)O[C@@H]12. The number of aliphatic hydroxyl groups excluding tert-OH is 1. The number of hydrogen-bond donors (Lipinski definition) is 3. The van der Waals surface area contributed by atoms with E-state index >= 15 is 0 Å². The van der Waals surface area contributed by atoms with Crippen molar-refractivity contribution in [2.45, 2.75) is 62.7 Å². The molecule has 9 heteroatoms. The number of ether oxygens (including phenoxy) is 5. The van der Waals surface area contributed by atoms with Gasteiger partial charge in [0.05, 0.1) is 6.61 Å². The monoisotopic (exact) mass is 349 g/mol. The zero-order valence-corrected chi connectivity index (χ0v) is 14.1. The minimum atomic E-state index is -1.79. The maximum Gasteiger partial charge on any atom is 0.364 e. The summed E-state index contributed by atoms with van der Waals surface area (Å²) in [6.45, 7) is 2.37. The van der Waals surface area contributed by atoms with Gasteiger partial charge in [0.15, 0.2) is 6.29 Å². The minimum absolute atomic E-state index is 0.00702. The van der Waals surface area contributed by atoms with Crippen molar-refractivity contribution in [3.05, 3.63) is 0 Å². The van der Waals surface area contributed by atoms with E-state index in [4.69, 9.17) is 29.4 Å². The first-order valence-electron chi connectivity index (χ1n) is 8.16. The Morgan fingerprint density at radius 3 is 2.75 bits per heavy atom. The quantitative estimate of drug-likeness (QED) is 0.494. The van der Waals surface area contributed by atoms with Crippen LogP contribution in [0.2, 0.25) is 0 Å². The van der Waals surface area contributed by atoms with Gasteiger partial charge in [-0.3, -0.25) is 0 Å². The number of fused-ring (bicyclic) bond motifs is 1. The molecule has 0 radical (unpaired) electrons. The Hall–Kier alpha value is -0.810. The summed E-state index contributed by atoms with van der Waals surface area (Å²) in [5.41, 5.74) is 5.44. The van der Waals surface area contributed by atoms with Crippen LogP contribution in [0.1, 0.15) is 26.2 Å². The number of hydrogen-bond acceptors (Lipinski definition) is 8. The Morgan fingerprint density at radius 1 is 1.38 bits per heavy atom. The van der Waals surface area contributed by atoms with Crippen LogP contribution in [0, 0.1) is 0 Å². The van der Waals surface area contributed by atoms with E-state index in [-0.39, 0.29) is 6.61 Å². The van der Waals surface area contributed by atoms with Crippen LogP contribution in [0.3, 0.4) is 0 Å². The predicted molar refractivity (Wildman–Crippen MR) is 81.2 cm³/mol. The number of carboxylic acids is 1. The summed E-state index contributed by atoms with van der Waals surface area (Å²) in [7, 11) is 1.42. The van der Waals surface area contributed by atoms with Crippen molar-refractivity contribution in [2.75, 3.05) is 26.9 Å². The molecule has 0 bridgehead atoms. The molecule has 0 saturated carbocycles. The van der Waals surface area contributed by atoms with Crippen molar-refractivity contribution >= 4 is 5.97 Å². The zero-order chi connectivity index (χ0) is 17.7. The molecule has 2 aliphatic heterocycles. The lowest BCUT2D eigenvalue weighted by molar-refractivity contribution is -0.380. The highest BCUT2D eigenvalue weighted by Gasteiger charge is 2.55. The van der Waals surface area contributed by atoms with Gasteiger partial charge in [-0.25, -0.2) is 4.79 Å². The molecule has 0 spiro atoms. The van der Waals surface area contributed by atoms with Crippen LogP contribution in [0.5, 0.6) is 0 Å². The highest BCUT2D eigenvalue weighted by Crippen LogP contribution is 2.34. The van der Waals surface area contributed by atoms with Gasteiger partial charge in [0, 0.05) is 20.6 Å². The number of rotatable bonds is 8. The summed E-state index contributed by atoms with van der Waals surface area (Å²) >= 11 is 0. The Morgan fingerprint density at radius 2 is 2.12 bits per heavy atom. The molecular weight excluding hydrogens is 322 g/mol. The second-order valence-electron chi connectivity index (χ2n) is 6.10. The van der Waals surface area contributed by atoms with Gasteiger partial charge in [0.2, 0.25) is 0 Å². The third-order valence-electron chi connectivity index (χ3n) is 4.29. The number of unbranched alkanes of at least 4 members (excludes halogenated alkanes) is 2. The molecule has 140 valence electrons. The maximum absolute atomic E-state index is 11.3. The second-order valence-corrected chi connectivity index (χ2v) is 6.10. The molecule has 2 aliphatic rings. The third kappa shape index (κ3) is 4.23. The van der Waals surface area contributed by atoms with Crippen molar-refractivity contribution < 1.29 is 38.7 Å². The summed E-state index contributed by atoms with van der Waals surface area (Å²) in [5, 5.41) is 19.6. The van der Waals surface area contributed by atoms with Gasteiger partial charge in [0.25, 0.3) is 5.79 Å². The lowest BCUT2D eigenvalue weighted by Crippen LogP contribution is -2.66. The van der Waals surface area contributed by atoms with E-state index in [9.17, 15) is 15.0 Å². The topological polar surface area (TPSA) is 130 Å². The molecule has 9 nitrogen and oxygen atoms in total. The Kier molecular flexibility index (Phi) is 6.93. The highest BCUT2D eigenvalue weighted by molar-refractivity contribution is 5.75. The molecule has 2 saturated heterocycles. The first-order chi connectivity index (χ1) is 11.4. The molecular formula is C15H27NO8. The van der Waals surface area contributed by atoms with E-state index in [1.54, 1.807) is 0 Å². The fourth-order valence-corrected chi connectivity index (χ4v) is 2.85. The standard InChI is InChI=1S/C15H27NO8/c1-15(14(18)19)22-8-9-11(24-15)12(20-2)10(17)13(23-9)21-7-5-3-4-6-16/h9-13,17H,3-8,16H2,1-2H3,(H,18,19)/t9-,10-,11-,12-,13-,15+/m1/s1. The van der Waals surface area contributed by atoms with Crippen LogP contribution in [0.4, 0.5) is 0 Å². The molecule has 0 amide bonds.